The number of benzene rings is 3. The van der Waals surface area contributed by atoms with E-state index in [2.05, 4.69) is 6.07 Å². The molecule has 0 N–H and O–H groups in total. The largest absolute Gasteiger partial charge is 0.496 e. The van der Waals surface area contributed by atoms with E-state index < -0.39 is 0 Å². The smallest absolute Gasteiger partial charge is 0.266 e. The molecule has 3 aromatic carbocycles. The molecule has 1 aliphatic rings. The second kappa shape index (κ2) is 10.9. The van der Waals surface area contributed by atoms with Crippen LogP contribution >= 0.6 is 22.9 Å². The van der Waals surface area contributed by atoms with Crippen LogP contribution in [0.25, 0.3) is 21.2 Å². The second-order valence-corrected chi connectivity index (χ2v) is 10.7. The Balaban J connectivity index is 1.53. The molecular weight excluding hydrogens is 490 g/mol. The highest BCUT2D eigenvalue weighted by Gasteiger charge is 2.30. The third kappa shape index (κ3) is 4.91. The highest BCUT2D eigenvalue weighted by Crippen LogP contribution is 2.38. The lowest BCUT2D eigenvalue weighted by atomic mass is 9.93. The zero-order valence-electron chi connectivity index (χ0n) is 20.2. The fraction of sp³-hybridized carbons (Fsp3) is 0.267. The summed E-state index contributed by atoms with van der Waals surface area (Å²) in [6.07, 6.45) is 6.27. The van der Waals surface area contributed by atoms with Crippen molar-refractivity contribution in [3.63, 3.8) is 0 Å². The molecule has 6 heteroatoms. The number of halogens is 1. The number of fused-ring (bicyclic) bond motifs is 1. The van der Waals surface area contributed by atoms with Gasteiger partial charge in [-0.05, 0) is 42.2 Å². The molecule has 0 unspecified atom stereocenters. The molecule has 0 spiro atoms. The van der Waals surface area contributed by atoms with Crippen LogP contribution in [0.15, 0.2) is 66.7 Å². The van der Waals surface area contributed by atoms with Crippen molar-refractivity contribution >= 4 is 45.2 Å². The molecule has 0 saturated heterocycles. The lowest BCUT2D eigenvalue weighted by Crippen LogP contribution is -2.40. The van der Waals surface area contributed by atoms with Crippen molar-refractivity contribution < 1.29 is 14.3 Å². The van der Waals surface area contributed by atoms with Crippen LogP contribution in [-0.2, 0) is 6.54 Å². The monoisotopic (exact) mass is 517 g/mol. The highest BCUT2D eigenvalue weighted by molar-refractivity contribution is 7.21. The summed E-state index contributed by atoms with van der Waals surface area (Å²) in [7, 11) is 1.66. The molecule has 0 radical (unpaired) electrons. The summed E-state index contributed by atoms with van der Waals surface area (Å²) in [5.74, 6) is 0.732. The summed E-state index contributed by atoms with van der Waals surface area (Å²) < 4.78 is 6.73. The quantitative estimate of drug-likeness (QED) is 0.233. The van der Waals surface area contributed by atoms with Crippen LogP contribution in [0.4, 0.5) is 0 Å². The van der Waals surface area contributed by atoms with Crippen molar-refractivity contribution in [2.24, 2.45) is 0 Å². The van der Waals surface area contributed by atoms with Crippen molar-refractivity contribution in [1.82, 2.24) is 4.90 Å². The molecule has 4 aromatic rings. The summed E-state index contributed by atoms with van der Waals surface area (Å²) in [5.41, 5.74) is 3.61. The Bertz CT molecular complexity index is 1390. The van der Waals surface area contributed by atoms with Crippen molar-refractivity contribution in [2.75, 3.05) is 7.11 Å². The van der Waals surface area contributed by atoms with Crippen LogP contribution < -0.4 is 4.74 Å². The molecule has 184 valence electrons. The molecule has 1 aliphatic carbocycles. The molecule has 1 saturated carbocycles. The van der Waals surface area contributed by atoms with Gasteiger partial charge in [-0.1, -0.05) is 79.4 Å². The van der Waals surface area contributed by atoms with Crippen LogP contribution in [0.1, 0.15) is 57.7 Å². The molecule has 1 aromatic heterocycles. The van der Waals surface area contributed by atoms with E-state index in [9.17, 15) is 9.59 Å². The lowest BCUT2D eigenvalue weighted by Gasteiger charge is -2.34. The summed E-state index contributed by atoms with van der Waals surface area (Å²) >= 11 is 8.21. The number of hydrogen-bond donors (Lipinski definition) is 0. The summed E-state index contributed by atoms with van der Waals surface area (Å²) in [6.45, 7) is 0.442. The van der Waals surface area contributed by atoms with Gasteiger partial charge >= 0.3 is 0 Å². The van der Waals surface area contributed by atoms with E-state index in [0.717, 1.165) is 64.5 Å². The predicted molar refractivity (Wildman–Crippen MR) is 147 cm³/mol. The van der Waals surface area contributed by atoms with Crippen molar-refractivity contribution in [3.05, 3.63) is 87.8 Å². The number of carbonyl (C=O) groups excluding carboxylic acids is 2. The first-order chi connectivity index (χ1) is 17.6. The van der Waals surface area contributed by atoms with Gasteiger partial charge < -0.3 is 9.64 Å². The molecule has 0 bridgehead atoms. The number of aldehydes is 1. The van der Waals surface area contributed by atoms with Gasteiger partial charge in [-0.15, -0.1) is 11.3 Å². The Hall–Kier alpha value is -3.15. The SMILES string of the molecule is COc1ccc(-c2ccc(C=O)cc2)cc1CN(C(=O)c1sc2ccccc2c1Cl)C1CCCCC1. The minimum atomic E-state index is -0.0177. The highest BCUT2D eigenvalue weighted by atomic mass is 35.5. The Labute approximate surface area is 220 Å². The van der Waals surface area contributed by atoms with Gasteiger partial charge in [0.05, 0.1) is 12.1 Å². The van der Waals surface area contributed by atoms with Crippen LogP contribution in [0.3, 0.4) is 0 Å². The van der Waals surface area contributed by atoms with Crippen LogP contribution in [0.5, 0.6) is 5.75 Å². The van der Waals surface area contributed by atoms with Crippen LogP contribution in [-0.4, -0.2) is 30.2 Å². The first-order valence-corrected chi connectivity index (χ1v) is 13.5. The van der Waals surface area contributed by atoms with Gasteiger partial charge in [0.1, 0.15) is 16.9 Å². The Morgan fingerprint density at radius 3 is 2.44 bits per heavy atom. The molecule has 4 nitrogen and oxygen atoms in total. The maximum atomic E-state index is 14.0. The fourth-order valence-corrected chi connectivity index (χ4v) is 6.53. The molecule has 0 atom stereocenters. The van der Waals surface area contributed by atoms with Crippen molar-refractivity contribution in [2.45, 2.75) is 44.7 Å². The first kappa shape index (κ1) is 24.5. The Morgan fingerprint density at radius 2 is 1.75 bits per heavy atom. The molecule has 0 aliphatic heterocycles. The summed E-state index contributed by atoms with van der Waals surface area (Å²) in [4.78, 5) is 27.7. The number of thiophene rings is 1. The average molecular weight is 518 g/mol. The topological polar surface area (TPSA) is 46.6 Å². The van der Waals surface area contributed by atoms with Gasteiger partial charge in [0.25, 0.3) is 5.91 Å². The number of nitrogens with zero attached hydrogens (tertiary/aromatic N) is 1. The Kier molecular flexibility index (Phi) is 7.40. The predicted octanol–water partition coefficient (Wildman–Crippen LogP) is 8.02. The van der Waals surface area contributed by atoms with Crippen molar-refractivity contribution in [3.8, 4) is 16.9 Å². The number of amides is 1. The third-order valence-electron chi connectivity index (χ3n) is 7.01. The number of ether oxygens (including phenoxy) is 1. The maximum absolute atomic E-state index is 14.0. The number of methoxy groups -OCH3 is 1. The average Bonchev–Trinajstić information content (AvgIpc) is 3.28. The van der Waals surface area contributed by atoms with E-state index in [4.69, 9.17) is 16.3 Å². The van der Waals surface area contributed by atoms with E-state index >= 15 is 0 Å². The molecule has 5 rings (SSSR count). The lowest BCUT2D eigenvalue weighted by molar-refractivity contribution is 0.0618. The summed E-state index contributed by atoms with van der Waals surface area (Å²) in [6, 6.07) is 21.6. The van der Waals surface area contributed by atoms with Gasteiger partial charge in [-0.3, -0.25) is 9.59 Å². The molecule has 1 fully saturated rings. The first-order valence-electron chi connectivity index (χ1n) is 12.3. The normalized spacial score (nSPS) is 14.1. The second-order valence-electron chi connectivity index (χ2n) is 9.23. The van der Waals surface area contributed by atoms with Gasteiger partial charge in [0.2, 0.25) is 0 Å². The van der Waals surface area contributed by atoms with E-state index in [-0.39, 0.29) is 11.9 Å². The minimum absolute atomic E-state index is 0.0177. The molecule has 1 heterocycles. The standard InChI is InChI=1S/C30H28ClNO3S/c1-35-26-16-15-22(21-13-11-20(19-33)12-14-21)17-23(26)18-32(24-7-3-2-4-8-24)30(34)29-28(31)25-9-5-6-10-27(25)36-29/h5-6,9-17,19,24H,2-4,7-8,18H2,1H3. The summed E-state index contributed by atoms with van der Waals surface area (Å²) in [5, 5.41) is 1.46. The number of carbonyl (C=O) groups is 2. The zero-order chi connectivity index (χ0) is 25.1. The molecular formula is C30H28ClNO3S. The van der Waals surface area contributed by atoms with E-state index in [1.165, 1.54) is 17.8 Å². The fourth-order valence-electron chi connectivity index (χ4n) is 5.06. The minimum Gasteiger partial charge on any atom is -0.496 e. The van der Waals surface area contributed by atoms with E-state index in [0.29, 0.717) is 22.0 Å². The van der Waals surface area contributed by atoms with Gasteiger partial charge in [0, 0.05) is 33.8 Å². The number of rotatable bonds is 7. The maximum Gasteiger partial charge on any atom is 0.266 e. The van der Waals surface area contributed by atoms with Gasteiger partial charge in [-0.2, -0.15) is 0 Å². The molecule has 36 heavy (non-hydrogen) atoms. The van der Waals surface area contributed by atoms with Gasteiger partial charge in [0.15, 0.2) is 0 Å². The van der Waals surface area contributed by atoms with Crippen molar-refractivity contribution in [1.29, 1.82) is 0 Å². The third-order valence-corrected chi connectivity index (χ3v) is 8.67. The van der Waals surface area contributed by atoms with E-state index in [1.807, 2.05) is 65.6 Å². The van der Waals surface area contributed by atoms with Crippen LogP contribution in [0, 0.1) is 0 Å². The molecule has 1 amide bonds. The van der Waals surface area contributed by atoms with Crippen LogP contribution in [0.2, 0.25) is 5.02 Å². The van der Waals surface area contributed by atoms with Gasteiger partial charge in [-0.25, -0.2) is 0 Å². The number of hydrogen-bond acceptors (Lipinski definition) is 4. The Morgan fingerprint density at radius 1 is 1.03 bits per heavy atom. The van der Waals surface area contributed by atoms with E-state index in [1.54, 1.807) is 7.11 Å². The zero-order valence-corrected chi connectivity index (χ0v) is 21.8.